The number of aryl methyl sites for hydroxylation is 1. The number of nitrogens with zero attached hydrogens (tertiary/aromatic N) is 2. The molecule has 7 nitrogen and oxygen atoms in total. The van der Waals surface area contributed by atoms with E-state index in [1.807, 2.05) is 51.1 Å². The first-order chi connectivity index (χ1) is 21.9. The fourth-order valence-corrected chi connectivity index (χ4v) is 6.56. The predicted octanol–water partition coefficient (Wildman–Crippen LogP) is 7.05. The molecule has 0 aromatic heterocycles. The maximum absolute atomic E-state index is 15.3. The van der Waals surface area contributed by atoms with E-state index in [1.54, 1.807) is 30.3 Å². The number of anilines is 1. The van der Waals surface area contributed by atoms with Gasteiger partial charge in [-0.3, -0.25) is 13.9 Å². The summed E-state index contributed by atoms with van der Waals surface area (Å²) in [6, 6.07) is 24.4. The highest BCUT2D eigenvalue weighted by molar-refractivity contribution is 7.92. The molecule has 0 aliphatic carbocycles. The second-order valence-electron chi connectivity index (χ2n) is 11.4. The van der Waals surface area contributed by atoms with Crippen molar-refractivity contribution >= 4 is 50.7 Å². The Morgan fingerprint density at radius 3 is 2.13 bits per heavy atom. The van der Waals surface area contributed by atoms with Gasteiger partial charge in [-0.2, -0.15) is 0 Å². The van der Waals surface area contributed by atoms with Gasteiger partial charge in [0.05, 0.1) is 20.6 Å². The van der Waals surface area contributed by atoms with Crippen molar-refractivity contribution in [3.8, 4) is 0 Å². The summed E-state index contributed by atoms with van der Waals surface area (Å²) in [5.74, 6) is -1.82. The summed E-state index contributed by atoms with van der Waals surface area (Å²) < 4.78 is 44.1. The number of benzene rings is 4. The third-order valence-corrected chi connectivity index (χ3v) is 9.81. The van der Waals surface area contributed by atoms with Gasteiger partial charge in [0.25, 0.3) is 10.0 Å². The average Bonchev–Trinajstić information content (AvgIpc) is 3.03. The molecule has 0 fully saturated rings. The highest BCUT2D eigenvalue weighted by atomic mass is 35.5. The Hall–Kier alpha value is -3.92. The van der Waals surface area contributed by atoms with E-state index >= 15 is 4.39 Å². The summed E-state index contributed by atoms with van der Waals surface area (Å²) in [5, 5.41) is 3.50. The highest BCUT2D eigenvalue weighted by Gasteiger charge is 2.35. The van der Waals surface area contributed by atoms with Crippen molar-refractivity contribution in [2.24, 2.45) is 5.92 Å². The molecule has 0 aliphatic heterocycles. The molecule has 4 aromatic carbocycles. The number of halogens is 3. The van der Waals surface area contributed by atoms with Crippen LogP contribution in [0.15, 0.2) is 102 Å². The zero-order valence-electron chi connectivity index (χ0n) is 25.8. The first kappa shape index (κ1) is 34.9. The molecular formula is C35H36Cl2FN3O4S. The number of sulfonamides is 1. The topological polar surface area (TPSA) is 86.8 Å². The molecule has 2 amide bonds. The van der Waals surface area contributed by atoms with Crippen LogP contribution >= 0.6 is 23.2 Å². The maximum atomic E-state index is 15.3. The van der Waals surface area contributed by atoms with Gasteiger partial charge in [0.2, 0.25) is 11.8 Å². The maximum Gasteiger partial charge on any atom is 0.264 e. The molecule has 4 rings (SSSR count). The van der Waals surface area contributed by atoms with Gasteiger partial charge in [-0.15, -0.1) is 0 Å². The molecule has 0 radical (unpaired) electrons. The molecule has 0 heterocycles. The van der Waals surface area contributed by atoms with Crippen LogP contribution in [0.25, 0.3) is 0 Å². The zero-order valence-corrected chi connectivity index (χ0v) is 28.1. The van der Waals surface area contributed by atoms with Crippen LogP contribution in [-0.4, -0.2) is 44.3 Å². The summed E-state index contributed by atoms with van der Waals surface area (Å²) in [6.45, 7) is 5.20. The molecule has 1 unspecified atom stereocenters. The molecule has 0 saturated carbocycles. The van der Waals surface area contributed by atoms with Gasteiger partial charge in [0, 0.05) is 19.5 Å². The Balaban J connectivity index is 1.82. The van der Waals surface area contributed by atoms with Crippen molar-refractivity contribution in [2.75, 3.05) is 17.4 Å². The molecule has 1 atom stereocenters. The van der Waals surface area contributed by atoms with Crippen LogP contribution < -0.4 is 9.62 Å². The lowest BCUT2D eigenvalue weighted by Crippen LogP contribution is -2.53. The Labute approximate surface area is 280 Å². The summed E-state index contributed by atoms with van der Waals surface area (Å²) in [7, 11) is -4.43. The van der Waals surface area contributed by atoms with Crippen molar-refractivity contribution in [1.29, 1.82) is 0 Å². The van der Waals surface area contributed by atoms with E-state index in [1.165, 1.54) is 35.2 Å². The van der Waals surface area contributed by atoms with Gasteiger partial charge < -0.3 is 10.2 Å². The lowest BCUT2D eigenvalue weighted by atomic mass is 10.0. The van der Waals surface area contributed by atoms with Crippen molar-refractivity contribution in [1.82, 2.24) is 10.2 Å². The quantitative estimate of drug-likeness (QED) is 0.164. The first-order valence-electron chi connectivity index (χ1n) is 14.8. The molecule has 0 bridgehead atoms. The standard InChI is InChI=1S/C35H36Cl2FN3O4S/c1-24(2)21-39-35(43)33(20-26-9-5-4-6-10-26)40(22-27-15-18-29(36)30(37)19-27)34(42)23-41(32-12-8-7-11-31(32)38)46(44,45)28-16-13-25(3)14-17-28/h4-19,24,33H,20-23H2,1-3H3,(H,39,43). The molecule has 0 spiro atoms. The van der Waals surface area contributed by atoms with Gasteiger partial charge in [0.15, 0.2) is 0 Å². The lowest BCUT2D eigenvalue weighted by molar-refractivity contribution is -0.140. The summed E-state index contributed by atoms with van der Waals surface area (Å²) in [6.07, 6.45) is 0.141. The van der Waals surface area contributed by atoms with Crippen LogP contribution in [0.5, 0.6) is 0 Å². The molecule has 11 heteroatoms. The van der Waals surface area contributed by atoms with E-state index < -0.39 is 40.2 Å². The molecule has 0 aliphatic rings. The van der Waals surface area contributed by atoms with Crippen LogP contribution in [0.3, 0.4) is 0 Å². The molecular weight excluding hydrogens is 648 g/mol. The van der Waals surface area contributed by atoms with E-state index in [-0.39, 0.29) is 34.5 Å². The Morgan fingerprint density at radius 1 is 0.848 bits per heavy atom. The number of hydrogen-bond donors (Lipinski definition) is 1. The van der Waals surface area contributed by atoms with Crippen LogP contribution in [-0.2, 0) is 32.6 Å². The van der Waals surface area contributed by atoms with Crippen LogP contribution in [0.1, 0.15) is 30.5 Å². The van der Waals surface area contributed by atoms with Crippen molar-refractivity contribution in [2.45, 2.75) is 44.7 Å². The molecule has 0 saturated heterocycles. The second kappa shape index (κ2) is 15.6. The Morgan fingerprint density at radius 2 is 1.50 bits per heavy atom. The van der Waals surface area contributed by atoms with Crippen LogP contribution in [0.4, 0.5) is 10.1 Å². The molecule has 242 valence electrons. The highest BCUT2D eigenvalue weighted by Crippen LogP contribution is 2.28. The number of amides is 2. The molecule has 46 heavy (non-hydrogen) atoms. The van der Waals surface area contributed by atoms with E-state index in [2.05, 4.69) is 5.32 Å². The number of carbonyl (C=O) groups is 2. The largest absolute Gasteiger partial charge is 0.354 e. The third-order valence-electron chi connectivity index (χ3n) is 7.30. The van der Waals surface area contributed by atoms with Crippen molar-refractivity contribution in [3.63, 3.8) is 0 Å². The van der Waals surface area contributed by atoms with Gasteiger partial charge in [-0.05, 0) is 60.4 Å². The Bertz CT molecular complexity index is 1770. The number of carbonyl (C=O) groups excluding carboxylic acids is 2. The second-order valence-corrected chi connectivity index (χ2v) is 14.1. The predicted molar refractivity (Wildman–Crippen MR) is 181 cm³/mol. The molecule has 1 N–H and O–H groups in total. The minimum absolute atomic E-state index is 0.0992. The third kappa shape index (κ3) is 8.87. The SMILES string of the molecule is Cc1ccc(S(=O)(=O)N(CC(=O)N(Cc2ccc(Cl)c(Cl)c2)C(Cc2ccccc2)C(=O)NCC(C)C)c2ccccc2F)cc1. The van der Waals surface area contributed by atoms with Gasteiger partial charge >= 0.3 is 0 Å². The zero-order chi connectivity index (χ0) is 33.4. The number of nitrogens with one attached hydrogen (secondary N) is 1. The van der Waals surface area contributed by atoms with Crippen molar-refractivity contribution < 1.29 is 22.4 Å². The van der Waals surface area contributed by atoms with Crippen molar-refractivity contribution in [3.05, 3.63) is 130 Å². The van der Waals surface area contributed by atoms with E-state index in [4.69, 9.17) is 23.2 Å². The minimum Gasteiger partial charge on any atom is -0.354 e. The normalized spacial score (nSPS) is 12.1. The lowest BCUT2D eigenvalue weighted by Gasteiger charge is -2.34. The Kier molecular flexibility index (Phi) is 11.8. The van der Waals surface area contributed by atoms with Crippen LogP contribution in [0.2, 0.25) is 10.0 Å². The number of para-hydroxylation sites is 1. The smallest absolute Gasteiger partial charge is 0.264 e. The average molecular weight is 685 g/mol. The van der Waals surface area contributed by atoms with E-state index in [0.717, 1.165) is 21.5 Å². The fraction of sp³-hybridized carbons (Fsp3) is 0.257. The van der Waals surface area contributed by atoms with Crippen LogP contribution in [0, 0.1) is 18.7 Å². The molecule has 4 aromatic rings. The summed E-state index contributed by atoms with van der Waals surface area (Å²) in [4.78, 5) is 29.5. The van der Waals surface area contributed by atoms with E-state index in [9.17, 15) is 18.0 Å². The number of hydrogen-bond acceptors (Lipinski definition) is 4. The summed E-state index contributed by atoms with van der Waals surface area (Å²) in [5.41, 5.74) is 1.89. The fourth-order valence-electron chi connectivity index (χ4n) is 4.82. The monoisotopic (exact) mass is 683 g/mol. The number of rotatable bonds is 13. The summed E-state index contributed by atoms with van der Waals surface area (Å²) >= 11 is 12.5. The van der Waals surface area contributed by atoms with E-state index in [0.29, 0.717) is 17.1 Å². The first-order valence-corrected chi connectivity index (χ1v) is 17.0. The van der Waals surface area contributed by atoms with Gasteiger partial charge in [-0.1, -0.05) is 103 Å². The van der Waals surface area contributed by atoms with Gasteiger partial charge in [-0.25, -0.2) is 12.8 Å². The minimum atomic E-state index is -4.43. The van der Waals surface area contributed by atoms with Gasteiger partial charge in [0.1, 0.15) is 18.4 Å².